The predicted molar refractivity (Wildman–Crippen MR) is 140 cm³/mol. The van der Waals surface area contributed by atoms with Crippen molar-refractivity contribution in [1.82, 2.24) is 19.9 Å². The number of sulfonamides is 1. The maximum absolute atomic E-state index is 11.8. The maximum Gasteiger partial charge on any atom is 0.232 e. The number of hydrogen-bond donors (Lipinski definition) is 2. The molecule has 1 saturated carbocycles. The molecule has 5 rings (SSSR count). The third kappa shape index (κ3) is 6.46. The van der Waals surface area contributed by atoms with Crippen molar-refractivity contribution in [1.29, 1.82) is 0 Å². The molecule has 2 fully saturated rings. The Kier molecular flexibility index (Phi) is 7.42. The van der Waals surface area contributed by atoms with Gasteiger partial charge in [-0.3, -0.25) is 9.71 Å². The summed E-state index contributed by atoms with van der Waals surface area (Å²) in [5, 5.41) is 4.10. The standard InChI is InChI=1S/C24H31N7O5S/c1-34-23-15-26-21(14-27-23)28-16-3-5-18(6-4-16)36-24-19-11-17(30-37(2,32)33)13-25-20(19)12-22(29-24)31-7-9-35-10-8-31/h11-16,18,30H,3-10H2,1-2H3,(H,26,28). The van der Waals surface area contributed by atoms with Crippen molar-refractivity contribution in [2.45, 2.75) is 37.8 Å². The first kappa shape index (κ1) is 25.2. The molecule has 0 amide bonds. The zero-order valence-corrected chi connectivity index (χ0v) is 21.7. The molecular formula is C24H31N7O5S. The van der Waals surface area contributed by atoms with E-state index in [1.54, 1.807) is 25.6 Å². The minimum atomic E-state index is -3.44. The van der Waals surface area contributed by atoms with Crippen molar-refractivity contribution < 1.29 is 22.6 Å². The van der Waals surface area contributed by atoms with Crippen LogP contribution in [0.1, 0.15) is 25.7 Å². The van der Waals surface area contributed by atoms with Crippen LogP contribution in [0.2, 0.25) is 0 Å². The van der Waals surface area contributed by atoms with Gasteiger partial charge in [0, 0.05) is 25.2 Å². The zero-order chi connectivity index (χ0) is 25.8. The van der Waals surface area contributed by atoms with Crippen LogP contribution in [0.15, 0.2) is 30.7 Å². The largest absolute Gasteiger partial charge is 0.480 e. The Bertz CT molecular complexity index is 1330. The zero-order valence-electron chi connectivity index (χ0n) is 20.9. The Balaban J connectivity index is 1.33. The van der Waals surface area contributed by atoms with Crippen LogP contribution in [0.3, 0.4) is 0 Å². The number of nitrogens with zero attached hydrogens (tertiary/aromatic N) is 5. The number of fused-ring (bicyclic) bond motifs is 1. The highest BCUT2D eigenvalue weighted by Crippen LogP contribution is 2.33. The van der Waals surface area contributed by atoms with Gasteiger partial charge in [-0.25, -0.2) is 18.4 Å². The Hall–Kier alpha value is -3.45. The first-order valence-corrected chi connectivity index (χ1v) is 14.2. The average molecular weight is 530 g/mol. The number of rotatable bonds is 8. The van der Waals surface area contributed by atoms with Gasteiger partial charge in [-0.05, 0) is 31.7 Å². The number of morpholine rings is 1. The summed E-state index contributed by atoms with van der Waals surface area (Å²) < 4.78 is 43.0. The van der Waals surface area contributed by atoms with Crippen molar-refractivity contribution in [2.24, 2.45) is 0 Å². The van der Waals surface area contributed by atoms with E-state index in [9.17, 15) is 8.42 Å². The molecule has 0 unspecified atom stereocenters. The molecule has 0 atom stereocenters. The van der Waals surface area contributed by atoms with Crippen LogP contribution < -0.4 is 24.4 Å². The molecule has 0 spiro atoms. The lowest BCUT2D eigenvalue weighted by atomic mass is 9.93. The summed E-state index contributed by atoms with van der Waals surface area (Å²) in [5.74, 6) is 2.43. The SMILES string of the molecule is COc1cnc(NC2CCC(Oc3nc(N4CCOCC4)cc4ncc(NS(C)(=O)=O)cc34)CC2)cn1. The molecule has 4 heterocycles. The predicted octanol–water partition coefficient (Wildman–Crippen LogP) is 2.44. The second kappa shape index (κ2) is 10.9. The highest BCUT2D eigenvalue weighted by atomic mass is 32.2. The fourth-order valence-electron chi connectivity index (χ4n) is 4.58. The number of methoxy groups -OCH3 is 1. The van der Waals surface area contributed by atoms with E-state index in [0.717, 1.165) is 50.8 Å². The summed E-state index contributed by atoms with van der Waals surface area (Å²) in [6.07, 6.45) is 9.33. The van der Waals surface area contributed by atoms with Crippen molar-refractivity contribution >= 4 is 38.2 Å². The summed E-state index contributed by atoms with van der Waals surface area (Å²) in [5.41, 5.74) is 1.06. The lowest BCUT2D eigenvalue weighted by molar-refractivity contribution is 0.122. The number of nitrogens with one attached hydrogen (secondary N) is 2. The smallest absolute Gasteiger partial charge is 0.232 e. The number of hydrogen-bond acceptors (Lipinski definition) is 11. The van der Waals surface area contributed by atoms with Crippen molar-refractivity contribution in [3.8, 4) is 11.8 Å². The molecule has 13 heteroatoms. The summed E-state index contributed by atoms with van der Waals surface area (Å²) in [6, 6.07) is 3.90. The van der Waals surface area contributed by atoms with E-state index >= 15 is 0 Å². The minimum absolute atomic E-state index is 0.0258. The van der Waals surface area contributed by atoms with Crippen molar-refractivity contribution in [2.75, 3.05) is 54.6 Å². The topological polar surface area (TPSA) is 141 Å². The molecule has 198 valence electrons. The van der Waals surface area contributed by atoms with E-state index in [2.05, 4.69) is 29.9 Å². The van der Waals surface area contributed by atoms with Gasteiger partial charge >= 0.3 is 0 Å². The van der Waals surface area contributed by atoms with Gasteiger partial charge in [0.25, 0.3) is 0 Å². The second-order valence-electron chi connectivity index (χ2n) is 9.23. The van der Waals surface area contributed by atoms with E-state index < -0.39 is 10.0 Å². The van der Waals surface area contributed by atoms with Gasteiger partial charge in [0.15, 0.2) is 0 Å². The highest BCUT2D eigenvalue weighted by Gasteiger charge is 2.25. The molecule has 37 heavy (non-hydrogen) atoms. The fourth-order valence-corrected chi connectivity index (χ4v) is 5.12. The first-order chi connectivity index (χ1) is 17.9. The Morgan fingerprint density at radius 2 is 1.81 bits per heavy atom. The van der Waals surface area contributed by atoms with Gasteiger partial charge in [0.1, 0.15) is 17.7 Å². The third-order valence-electron chi connectivity index (χ3n) is 6.41. The summed E-state index contributed by atoms with van der Waals surface area (Å²) >= 11 is 0. The van der Waals surface area contributed by atoms with E-state index in [1.807, 2.05) is 6.07 Å². The molecule has 0 aromatic carbocycles. The van der Waals surface area contributed by atoms with Crippen LogP contribution in [0, 0.1) is 0 Å². The number of ether oxygens (including phenoxy) is 3. The lowest BCUT2D eigenvalue weighted by Gasteiger charge is -2.31. The van der Waals surface area contributed by atoms with Gasteiger partial charge in [-0.15, -0.1) is 0 Å². The number of pyridine rings is 2. The van der Waals surface area contributed by atoms with E-state index in [0.29, 0.717) is 47.4 Å². The van der Waals surface area contributed by atoms with Crippen molar-refractivity contribution in [3.63, 3.8) is 0 Å². The molecule has 0 bridgehead atoms. The van der Waals surface area contributed by atoms with Crippen LogP contribution in [0.5, 0.6) is 11.8 Å². The van der Waals surface area contributed by atoms with Gasteiger partial charge in [-0.2, -0.15) is 4.98 Å². The third-order valence-corrected chi connectivity index (χ3v) is 7.02. The van der Waals surface area contributed by atoms with Crippen LogP contribution >= 0.6 is 0 Å². The van der Waals surface area contributed by atoms with Crippen LogP contribution in [-0.4, -0.2) is 80.2 Å². The number of aromatic nitrogens is 4. The maximum atomic E-state index is 11.8. The highest BCUT2D eigenvalue weighted by molar-refractivity contribution is 7.92. The summed E-state index contributed by atoms with van der Waals surface area (Å²) in [4.78, 5) is 20.0. The Labute approximate surface area is 215 Å². The van der Waals surface area contributed by atoms with E-state index in [4.69, 9.17) is 19.2 Å². The summed E-state index contributed by atoms with van der Waals surface area (Å²) in [7, 11) is -1.88. The van der Waals surface area contributed by atoms with Crippen LogP contribution in [-0.2, 0) is 14.8 Å². The Morgan fingerprint density at radius 1 is 1.03 bits per heavy atom. The first-order valence-electron chi connectivity index (χ1n) is 12.3. The molecule has 3 aromatic rings. The minimum Gasteiger partial charge on any atom is -0.480 e. The summed E-state index contributed by atoms with van der Waals surface area (Å²) in [6.45, 7) is 2.74. The molecule has 0 radical (unpaired) electrons. The molecule has 1 aliphatic heterocycles. The molecule has 1 aliphatic carbocycles. The van der Waals surface area contributed by atoms with E-state index in [1.165, 1.54) is 6.20 Å². The molecule has 12 nitrogen and oxygen atoms in total. The monoisotopic (exact) mass is 529 g/mol. The molecule has 2 N–H and O–H groups in total. The van der Waals surface area contributed by atoms with Crippen molar-refractivity contribution in [3.05, 3.63) is 30.7 Å². The molecule has 2 aliphatic rings. The quantitative estimate of drug-likeness (QED) is 0.444. The van der Waals surface area contributed by atoms with E-state index in [-0.39, 0.29) is 12.1 Å². The second-order valence-corrected chi connectivity index (χ2v) is 11.0. The van der Waals surface area contributed by atoms with Gasteiger partial charge in [0.2, 0.25) is 21.8 Å². The van der Waals surface area contributed by atoms with Crippen LogP contribution in [0.25, 0.3) is 10.9 Å². The molecule has 3 aromatic heterocycles. The normalized spacial score (nSPS) is 20.4. The fraction of sp³-hybridized carbons (Fsp3) is 0.500. The van der Waals surface area contributed by atoms with Gasteiger partial charge in [-0.1, -0.05) is 0 Å². The van der Waals surface area contributed by atoms with Gasteiger partial charge in [0.05, 0.1) is 61.8 Å². The molecular weight excluding hydrogens is 498 g/mol. The van der Waals surface area contributed by atoms with Crippen LogP contribution in [0.4, 0.5) is 17.3 Å². The van der Waals surface area contributed by atoms with Gasteiger partial charge < -0.3 is 24.4 Å². The number of anilines is 3. The molecule has 1 saturated heterocycles. The average Bonchev–Trinajstić information content (AvgIpc) is 2.90. The lowest BCUT2D eigenvalue weighted by Crippen LogP contribution is -2.37. The Morgan fingerprint density at radius 3 is 2.49 bits per heavy atom.